The molecule has 1 aromatic carbocycles. The van der Waals surface area contributed by atoms with Crippen LogP contribution < -0.4 is 0 Å². The maximum Gasteiger partial charge on any atom is 0.0662 e. The van der Waals surface area contributed by atoms with E-state index in [1.807, 2.05) is 24.3 Å². The molecule has 2 rings (SSSR count). The van der Waals surface area contributed by atoms with E-state index in [9.17, 15) is 0 Å². The highest BCUT2D eigenvalue weighted by atomic mass is 35.5. The lowest BCUT2D eigenvalue weighted by atomic mass is 10.1. The van der Waals surface area contributed by atoms with Crippen LogP contribution in [0.2, 0.25) is 5.02 Å². The first-order valence-electron chi connectivity index (χ1n) is 3.97. The normalized spacial score (nSPS) is 26.3. The Labute approximate surface area is 76.6 Å². The molecule has 0 amide bonds. The number of rotatable bonds is 1. The second kappa shape index (κ2) is 2.80. The standard InChI is InChI=1S/C10H8ClN/c11-10-4-2-1-3-8(10)9-5-7(9)6-12/h1-4,7,9H,5H2/t7-,9-/m1/s1. The fourth-order valence-electron chi connectivity index (χ4n) is 1.46. The third kappa shape index (κ3) is 1.19. The van der Waals surface area contributed by atoms with Crippen LogP contribution in [0.25, 0.3) is 0 Å². The molecule has 0 unspecified atom stereocenters. The molecule has 0 saturated heterocycles. The smallest absolute Gasteiger partial charge is 0.0662 e. The average Bonchev–Trinajstić information content (AvgIpc) is 2.84. The van der Waals surface area contributed by atoms with Crippen molar-refractivity contribution in [3.63, 3.8) is 0 Å². The van der Waals surface area contributed by atoms with E-state index >= 15 is 0 Å². The van der Waals surface area contributed by atoms with Gasteiger partial charge in [0, 0.05) is 10.9 Å². The molecule has 1 aromatic rings. The van der Waals surface area contributed by atoms with E-state index in [4.69, 9.17) is 16.9 Å². The summed E-state index contributed by atoms with van der Waals surface area (Å²) >= 11 is 5.97. The van der Waals surface area contributed by atoms with Crippen LogP contribution >= 0.6 is 11.6 Å². The number of benzene rings is 1. The highest BCUT2D eigenvalue weighted by Gasteiger charge is 2.39. The van der Waals surface area contributed by atoms with E-state index in [0.717, 1.165) is 17.0 Å². The molecular weight excluding hydrogens is 170 g/mol. The summed E-state index contributed by atoms with van der Waals surface area (Å²) in [6, 6.07) is 10.0. The van der Waals surface area contributed by atoms with E-state index in [1.54, 1.807) is 0 Å². The quantitative estimate of drug-likeness (QED) is 0.647. The molecule has 1 aliphatic carbocycles. The van der Waals surface area contributed by atoms with Crippen LogP contribution in [0.5, 0.6) is 0 Å². The minimum atomic E-state index is 0.199. The Hall–Kier alpha value is -1.00. The molecule has 60 valence electrons. The maximum absolute atomic E-state index is 8.64. The van der Waals surface area contributed by atoms with Crippen molar-refractivity contribution in [2.45, 2.75) is 12.3 Å². The lowest BCUT2D eigenvalue weighted by Crippen LogP contribution is -1.82. The Morgan fingerprint density at radius 2 is 2.17 bits per heavy atom. The van der Waals surface area contributed by atoms with Crippen molar-refractivity contribution in [3.05, 3.63) is 34.9 Å². The van der Waals surface area contributed by atoms with Gasteiger partial charge in [-0.1, -0.05) is 29.8 Å². The van der Waals surface area contributed by atoms with Crippen LogP contribution in [-0.4, -0.2) is 0 Å². The zero-order chi connectivity index (χ0) is 8.55. The Morgan fingerprint density at radius 3 is 2.75 bits per heavy atom. The lowest BCUT2D eigenvalue weighted by molar-refractivity contribution is 1.02. The number of hydrogen-bond acceptors (Lipinski definition) is 1. The average molecular weight is 178 g/mol. The van der Waals surface area contributed by atoms with Crippen LogP contribution in [0.15, 0.2) is 24.3 Å². The van der Waals surface area contributed by atoms with Gasteiger partial charge in [0.05, 0.1) is 12.0 Å². The molecular formula is C10H8ClN. The van der Waals surface area contributed by atoms with E-state index in [-0.39, 0.29) is 5.92 Å². The lowest BCUT2D eigenvalue weighted by Gasteiger charge is -1.99. The summed E-state index contributed by atoms with van der Waals surface area (Å²) in [6.07, 6.45) is 0.972. The summed E-state index contributed by atoms with van der Waals surface area (Å²) in [5.41, 5.74) is 1.13. The number of halogens is 1. The van der Waals surface area contributed by atoms with E-state index < -0.39 is 0 Å². The fraction of sp³-hybridized carbons (Fsp3) is 0.300. The molecule has 0 aromatic heterocycles. The molecule has 1 fully saturated rings. The monoisotopic (exact) mass is 177 g/mol. The van der Waals surface area contributed by atoms with Crippen molar-refractivity contribution in [2.24, 2.45) is 5.92 Å². The Morgan fingerprint density at radius 1 is 1.42 bits per heavy atom. The predicted octanol–water partition coefficient (Wildman–Crippen LogP) is 2.97. The van der Waals surface area contributed by atoms with Crippen molar-refractivity contribution in [3.8, 4) is 6.07 Å². The Kier molecular flexibility index (Phi) is 1.78. The zero-order valence-corrected chi connectivity index (χ0v) is 7.25. The molecule has 0 heterocycles. The first-order valence-corrected chi connectivity index (χ1v) is 4.35. The molecule has 0 aliphatic heterocycles. The van der Waals surface area contributed by atoms with Crippen LogP contribution in [0.1, 0.15) is 17.9 Å². The van der Waals surface area contributed by atoms with E-state index in [0.29, 0.717) is 5.92 Å². The first-order chi connectivity index (χ1) is 5.83. The van der Waals surface area contributed by atoms with Gasteiger partial charge in [-0.25, -0.2) is 0 Å². The summed E-state index contributed by atoms with van der Waals surface area (Å²) in [6.45, 7) is 0. The SMILES string of the molecule is N#C[C@H]1C[C@H]1c1ccccc1Cl. The topological polar surface area (TPSA) is 23.8 Å². The summed E-state index contributed by atoms with van der Waals surface area (Å²) in [5.74, 6) is 0.591. The van der Waals surface area contributed by atoms with Gasteiger partial charge in [0.2, 0.25) is 0 Å². The first kappa shape index (κ1) is 7.64. The summed E-state index contributed by atoms with van der Waals surface area (Å²) in [5, 5.41) is 9.43. The molecule has 12 heavy (non-hydrogen) atoms. The van der Waals surface area contributed by atoms with Crippen LogP contribution in [0.4, 0.5) is 0 Å². The second-order valence-corrected chi connectivity index (χ2v) is 3.51. The maximum atomic E-state index is 8.64. The van der Waals surface area contributed by atoms with Crippen LogP contribution in [0.3, 0.4) is 0 Å². The third-order valence-corrected chi connectivity index (χ3v) is 2.61. The second-order valence-electron chi connectivity index (χ2n) is 3.10. The molecule has 1 aliphatic rings. The molecule has 0 spiro atoms. The largest absolute Gasteiger partial charge is 0.198 e. The summed E-state index contributed by atoms with van der Waals surface area (Å²) in [4.78, 5) is 0. The van der Waals surface area contributed by atoms with Crippen LogP contribution in [-0.2, 0) is 0 Å². The van der Waals surface area contributed by atoms with Gasteiger partial charge in [0.1, 0.15) is 0 Å². The molecule has 2 atom stereocenters. The van der Waals surface area contributed by atoms with E-state index in [1.165, 1.54) is 0 Å². The molecule has 1 saturated carbocycles. The van der Waals surface area contributed by atoms with E-state index in [2.05, 4.69) is 6.07 Å². The van der Waals surface area contributed by atoms with Crippen molar-refractivity contribution >= 4 is 11.6 Å². The van der Waals surface area contributed by atoms with Crippen molar-refractivity contribution in [2.75, 3.05) is 0 Å². The summed E-state index contributed by atoms with van der Waals surface area (Å²) in [7, 11) is 0. The van der Waals surface area contributed by atoms with Gasteiger partial charge in [0.25, 0.3) is 0 Å². The van der Waals surface area contributed by atoms with Crippen molar-refractivity contribution in [1.82, 2.24) is 0 Å². The van der Waals surface area contributed by atoms with Gasteiger partial charge in [-0.3, -0.25) is 0 Å². The highest BCUT2D eigenvalue weighted by molar-refractivity contribution is 6.31. The predicted molar refractivity (Wildman–Crippen MR) is 47.9 cm³/mol. The van der Waals surface area contributed by atoms with Gasteiger partial charge < -0.3 is 0 Å². The van der Waals surface area contributed by atoms with Crippen molar-refractivity contribution < 1.29 is 0 Å². The number of hydrogen-bond donors (Lipinski definition) is 0. The molecule has 0 bridgehead atoms. The van der Waals surface area contributed by atoms with Gasteiger partial charge >= 0.3 is 0 Å². The molecule has 1 nitrogen and oxygen atoms in total. The number of nitrogens with zero attached hydrogens (tertiary/aromatic N) is 1. The summed E-state index contributed by atoms with van der Waals surface area (Å²) < 4.78 is 0. The van der Waals surface area contributed by atoms with Gasteiger partial charge in [-0.05, 0) is 18.1 Å². The minimum Gasteiger partial charge on any atom is -0.198 e. The van der Waals surface area contributed by atoms with Gasteiger partial charge in [0.15, 0.2) is 0 Å². The Balaban J connectivity index is 2.26. The minimum absolute atomic E-state index is 0.199. The molecule has 0 N–H and O–H groups in total. The zero-order valence-electron chi connectivity index (χ0n) is 6.50. The van der Waals surface area contributed by atoms with Crippen LogP contribution in [0, 0.1) is 17.2 Å². The molecule has 0 radical (unpaired) electrons. The van der Waals surface area contributed by atoms with Gasteiger partial charge in [-0.2, -0.15) is 5.26 Å². The van der Waals surface area contributed by atoms with Crippen molar-refractivity contribution in [1.29, 1.82) is 5.26 Å². The number of nitriles is 1. The van der Waals surface area contributed by atoms with Gasteiger partial charge in [-0.15, -0.1) is 0 Å². The molecule has 2 heteroatoms. The highest BCUT2D eigenvalue weighted by Crippen LogP contribution is 2.48. The Bertz CT molecular complexity index is 340. The third-order valence-electron chi connectivity index (χ3n) is 2.26. The fourth-order valence-corrected chi connectivity index (χ4v) is 1.73.